The Kier molecular flexibility index (Phi) is 5.07. The number of nitrogens with two attached hydrogens (primary N) is 1. The Morgan fingerprint density at radius 1 is 1.44 bits per heavy atom. The Bertz CT molecular complexity index is 336. The Morgan fingerprint density at radius 3 is 2.69 bits per heavy atom. The fourth-order valence-electron chi connectivity index (χ4n) is 1.16. The van der Waals surface area contributed by atoms with Crippen molar-refractivity contribution in [3.63, 3.8) is 0 Å². The van der Waals surface area contributed by atoms with Gasteiger partial charge in [-0.2, -0.15) is 0 Å². The summed E-state index contributed by atoms with van der Waals surface area (Å²) in [4.78, 5) is 10.7. The number of nitrogens with zero attached hydrogens (tertiary/aromatic N) is 3. The topological polar surface area (TPSA) is 67.1 Å². The monoisotopic (exact) mass is 239 g/mol. The minimum absolute atomic E-state index is 0.270. The molecule has 0 aliphatic heterocycles. The predicted octanol–water partition coefficient (Wildman–Crippen LogP) is 0.474. The Morgan fingerprint density at radius 2 is 2.19 bits per heavy atom. The molecule has 0 fully saturated rings. The zero-order chi connectivity index (χ0) is 12.0. The molecule has 0 amide bonds. The highest BCUT2D eigenvalue weighted by molar-refractivity contribution is 7.80. The molecule has 0 atom stereocenters. The molecule has 0 aromatic carbocycles. The minimum Gasteiger partial charge on any atom is -0.388 e. The van der Waals surface area contributed by atoms with Gasteiger partial charge in [0.05, 0.1) is 12.4 Å². The van der Waals surface area contributed by atoms with Crippen molar-refractivity contribution in [3.8, 4) is 0 Å². The van der Waals surface area contributed by atoms with E-state index in [1.807, 2.05) is 0 Å². The van der Waals surface area contributed by atoms with E-state index in [9.17, 15) is 0 Å². The molecule has 1 aromatic heterocycles. The first-order valence-corrected chi connectivity index (χ1v) is 5.51. The molecule has 1 aromatic rings. The van der Waals surface area contributed by atoms with Gasteiger partial charge >= 0.3 is 0 Å². The SMILES string of the molecule is CN(C)CCCNc1cnc(C(N)=S)cn1. The van der Waals surface area contributed by atoms with Crippen molar-refractivity contribution >= 4 is 23.0 Å². The lowest BCUT2D eigenvalue weighted by Gasteiger charge is -2.09. The molecule has 6 heteroatoms. The summed E-state index contributed by atoms with van der Waals surface area (Å²) in [7, 11) is 4.10. The number of thiocarbonyl (C=S) groups is 1. The van der Waals surface area contributed by atoms with Gasteiger partial charge in [-0.25, -0.2) is 9.97 Å². The first-order valence-electron chi connectivity index (χ1n) is 5.10. The third-order valence-corrected chi connectivity index (χ3v) is 2.20. The van der Waals surface area contributed by atoms with Crippen molar-refractivity contribution < 1.29 is 0 Å². The average Bonchev–Trinajstić information content (AvgIpc) is 2.25. The minimum atomic E-state index is 0.270. The maximum absolute atomic E-state index is 5.42. The fourth-order valence-corrected chi connectivity index (χ4v) is 1.26. The van der Waals surface area contributed by atoms with E-state index < -0.39 is 0 Å². The zero-order valence-corrected chi connectivity index (χ0v) is 10.4. The molecule has 0 bridgehead atoms. The lowest BCUT2D eigenvalue weighted by atomic mass is 10.4. The highest BCUT2D eigenvalue weighted by atomic mass is 32.1. The largest absolute Gasteiger partial charge is 0.388 e. The summed E-state index contributed by atoms with van der Waals surface area (Å²) in [5.74, 6) is 0.749. The van der Waals surface area contributed by atoms with Crippen molar-refractivity contribution in [1.29, 1.82) is 0 Å². The number of anilines is 1. The van der Waals surface area contributed by atoms with Crippen molar-refractivity contribution in [1.82, 2.24) is 14.9 Å². The first-order chi connectivity index (χ1) is 7.59. The molecule has 5 nitrogen and oxygen atoms in total. The lowest BCUT2D eigenvalue weighted by molar-refractivity contribution is 0.405. The van der Waals surface area contributed by atoms with Gasteiger partial charge in [-0.15, -0.1) is 0 Å². The van der Waals surface area contributed by atoms with Crippen molar-refractivity contribution in [2.45, 2.75) is 6.42 Å². The average molecular weight is 239 g/mol. The zero-order valence-electron chi connectivity index (χ0n) is 9.60. The third-order valence-electron chi connectivity index (χ3n) is 1.99. The quantitative estimate of drug-likeness (QED) is 0.556. The summed E-state index contributed by atoms with van der Waals surface area (Å²) < 4.78 is 0. The summed E-state index contributed by atoms with van der Waals surface area (Å²) in [6.07, 6.45) is 4.28. The van der Waals surface area contributed by atoms with Crippen molar-refractivity contribution in [2.75, 3.05) is 32.5 Å². The second-order valence-corrected chi connectivity index (χ2v) is 4.17. The van der Waals surface area contributed by atoms with Crippen LogP contribution in [0.5, 0.6) is 0 Å². The van der Waals surface area contributed by atoms with E-state index in [0.717, 1.165) is 25.3 Å². The van der Waals surface area contributed by atoms with Crippen LogP contribution in [0.15, 0.2) is 12.4 Å². The van der Waals surface area contributed by atoms with Crippen LogP contribution in [-0.2, 0) is 0 Å². The molecule has 0 aliphatic carbocycles. The highest BCUT2D eigenvalue weighted by Crippen LogP contribution is 2.01. The molecule has 0 saturated heterocycles. The van der Waals surface area contributed by atoms with Crippen LogP contribution in [0, 0.1) is 0 Å². The van der Waals surface area contributed by atoms with Crippen LogP contribution >= 0.6 is 12.2 Å². The van der Waals surface area contributed by atoms with E-state index in [1.54, 1.807) is 12.4 Å². The molecule has 0 saturated carbocycles. The summed E-state index contributed by atoms with van der Waals surface area (Å²) >= 11 is 4.79. The molecule has 3 N–H and O–H groups in total. The highest BCUT2D eigenvalue weighted by Gasteiger charge is 1.99. The second-order valence-electron chi connectivity index (χ2n) is 3.73. The number of rotatable bonds is 6. The third kappa shape index (κ3) is 4.50. The molecule has 1 heterocycles. The Hall–Kier alpha value is -1.27. The van der Waals surface area contributed by atoms with Gasteiger partial charge < -0.3 is 16.0 Å². The van der Waals surface area contributed by atoms with Gasteiger partial charge in [0.25, 0.3) is 0 Å². The summed E-state index contributed by atoms with van der Waals surface area (Å²) in [5, 5.41) is 3.18. The van der Waals surface area contributed by atoms with Gasteiger partial charge in [-0.1, -0.05) is 12.2 Å². The molecular weight excluding hydrogens is 222 g/mol. The van der Waals surface area contributed by atoms with E-state index >= 15 is 0 Å². The van der Waals surface area contributed by atoms with Crippen LogP contribution in [0.25, 0.3) is 0 Å². The van der Waals surface area contributed by atoms with E-state index in [-0.39, 0.29) is 4.99 Å². The Labute approximate surface area is 101 Å². The smallest absolute Gasteiger partial charge is 0.144 e. The number of hydrogen-bond donors (Lipinski definition) is 2. The Balaban J connectivity index is 2.35. The number of aromatic nitrogens is 2. The second kappa shape index (κ2) is 6.34. The van der Waals surface area contributed by atoms with Gasteiger partial charge in [0.1, 0.15) is 16.5 Å². The summed E-state index contributed by atoms with van der Waals surface area (Å²) in [5.41, 5.74) is 5.97. The van der Waals surface area contributed by atoms with E-state index in [4.69, 9.17) is 18.0 Å². The molecule has 0 radical (unpaired) electrons. The summed E-state index contributed by atoms with van der Waals surface area (Å²) in [6.45, 7) is 1.92. The molecule has 88 valence electrons. The van der Waals surface area contributed by atoms with E-state index in [2.05, 4.69) is 34.3 Å². The van der Waals surface area contributed by atoms with Crippen LogP contribution in [0.4, 0.5) is 5.82 Å². The van der Waals surface area contributed by atoms with Gasteiger partial charge in [-0.05, 0) is 27.1 Å². The maximum Gasteiger partial charge on any atom is 0.144 e. The normalized spacial score (nSPS) is 10.4. The van der Waals surface area contributed by atoms with Crippen LogP contribution in [0.3, 0.4) is 0 Å². The maximum atomic E-state index is 5.42. The van der Waals surface area contributed by atoms with Crippen molar-refractivity contribution in [2.24, 2.45) is 5.73 Å². The van der Waals surface area contributed by atoms with Gasteiger partial charge in [0.15, 0.2) is 0 Å². The van der Waals surface area contributed by atoms with E-state index in [0.29, 0.717) is 5.69 Å². The van der Waals surface area contributed by atoms with Crippen LogP contribution in [0.2, 0.25) is 0 Å². The lowest BCUT2D eigenvalue weighted by Crippen LogP contribution is -2.17. The van der Waals surface area contributed by atoms with Gasteiger partial charge in [0, 0.05) is 6.54 Å². The first kappa shape index (κ1) is 12.8. The molecule has 16 heavy (non-hydrogen) atoms. The van der Waals surface area contributed by atoms with Crippen LogP contribution in [-0.4, -0.2) is 47.0 Å². The molecular formula is C10H17N5S. The van der Waals surface area contributed by atoms with Gasteiger partial charge in [0.2, 0.25) is 0 Å². The standard InChI is InChI=1S/C10H17N5S/c1-15(2)5-3-4-12-9-7-13-8(6-14-9)10(11)16/h6-7H,3-5H2,1-2H3,(H2,11,16)(H,12,14). The number of hydrogen-bond acceptors (Lipinski definition) is 5. The van der Waals surface area contributed by atoms with Crippen LogP contribution < -0.4 is 11.1 Å². The molecule has 1 rings (SSSR count). The summed E-state index contributed by atoms with van der Waals surface area (Å²) in [6, 6.07) is 0. The van der Waals surface area contributed by atoms with Crippen LogP contribution in [0.1, 0.15) is 12.1 Å². The molecule has 0 spiro atoms. The number of nitrogens with one attached hydrogen (secondary N) is 1. The molecule has 0 unspecified atom stereocenters. The fraction of sp³-hybridized carbons (Fsp3) is 0.500. The van der Waals surface area contributed by atoms with E-state index in [1.165, 1.54) is 0 Å². The predicted molar refractivity (Wildman–Crippen MR) is 69.6 cm³/mol. The van der Waals surface area contributed by atoms with Gasteiger partial charge in [-0.3, -0.25) is 0 Å². The molecule has 0 aliphatic rings. The van der Waals surface area contributed by atoms with Crippen molar-refractivity contribution in [3.05, 3.63) is 18.1 Å².